The molecule has 2 aromatic heterocycles. The Morgan fingerprint density at radius 2 is 2.04 bits per heavy atom. The number of benzene rings is 1. The van der Waals surface area contributed by atoms with Crippen LogP contribution in [-0.2, 0) is 4.74 Å². The minimum absolute atomic E-state index is 0.0978. The number of halogens is 4. The van der Waals surface area contributed by atoms with Crippen LogP contribution < -0.4 is 0 Å². The molecule has 130 valence electrons. The van der Waals surface area contributed by atoms with E-state index in [2.05, 4.69) is 37.0 Å². The number of hydrogen-bond donors (Lipinski definition) is 0. The number of nitrogens with zero attached hydrogens (tertiary/aromatic N) is 2. The first-order valence-electron chi connectivity index (χ1n) is 7.01. The van der Waals surface area contributed by atoms with Gasteiger partial charge in [0.05, 0.1) is 0 Å². The molecule has 0 aliphatic rings. The second kappa shape index (κ2) is 7.99. The zero-order valence-electron chi connectivity index (χ0n) is 12.7. The predicted molar refractivity (Wildman–Crippen MR) is 107 cm³/mol. The Labute approximate surface area is 177 Å². The Morgan fingerprint density at radius 3 is 2.64 bits per heavy atom. The number of aromatic nitrogens is 2. The van der Waals surface area contributed by atoms with Crippen LogP contribution in [0.25, 0.3) is 15.8 Å². The van der Waals surface area contributed by atoms with Gasteiger partial charge in [-0.05, 0) is 0 Å². The molecule has 4 nitrogen and oxygen atoms in total. The zero-order valence-corrected chi connectivity index (χ0v) is 19.1. The van der Waals surface area contributed by atoms with E-state index in [0.29, 0.717) is 15.7 Å². The van der Waals surface area contributed by atoms with Gasteiger partial charge in [-0.25, -0.2) is 0 Å². The number of alkyl halides is 1. The monoisotopic (exact) mass is 570 g/mol. The SMILES string of the molecule is CC(Br)OC(=O)c1cc(-c2ccc(Br)[se]2)n(-c2ccc(Cl)cc2Cl)n1. The summed E-state index contributed by atoms with van der Waals surface area (Å²) in [6.07, 6.45) is 0. The van der Waals surface area contributed by atoms with Gasteiger partial charge < -0.3 is 0 Å². The van der Waals surface area contributed by atoms with Crippen molar-refractivity contribution in [3.63, 3.8) is 0 Å². The average molecular weight is 572 g/mol. The van der Waals surface area contributed by atoms with Gasteiger partial charge in [0.15, 0.2) is 0 Å². The molecule has 0 N–H and O–H groups in total. The number of esters is 1. The van der Waals surface area contributed by atoms with Crippen molar-refractivity contribution in [3.05, 3.63) is 55.5 Å². The molecule has 0 aliphatic carbocycles. The molecule has 3 aromatic rings. The second-order valence-corrected chi connectivity index (χ2v) is 11.4. The van der Waals surface area contributed by atoms with Gasteiger partial charge in [0.25, 0.3) is 0 Å². The molecule has 0 radical (unpaired) electrons. The Balaban J connectivity index is 2.14. The molecule has 0 bridgehead atoms. The predicted octanol–water partition coefficient (Wildman–Crippen LogP) is 5.56. The zero-order chi connectivity index (χ0) is 18.1. The summed E-state index contributed by atoms with van der Waals surface area (Å²) in [7, 11) is 0. The second-order valence-electron chi connectivity index (χ2n) is 4.97. The topological polar surface area (TPSA) is 44.1 Å². The van der Waals surface area contributed by atoms with Crippen LogP contribution in [0.15, 0.2) is 39.7 Å². The van der Waals surface area contributed by atoms with E-state index >= 15 is 0 Å². The van der Waals surface area contributed by atoms with Crippen molar-refractivity contribution < 1.29 is 9.53 Å². The standard InChI is InChI=1S/C16H10Br2Cl2N2O2Se/c1-8(17)24-16(23)11-7-13(14-4-5-15(18)25-14)22(21-11)12-3-2-9(19)6-10(12)20/h2-8H,1H3. The first-order valence-corrected chi connectivity index (χ1v) is 11.2. The number of carbonyl (C=O) groups excluding carboxylic acids is 1. The fourth-order valence-electron chi connectivity index (χ4n) is 2.15. The summed E-state index contributed by atoms with van der Waals surface area (Å²) in [5.41, 5.74) is 1.66. The van der Waals surface area contributed by atoms with Crippen molar-refractivity contribution in [2.45, 2.75) is 11.9 Å². The number of ether oxygens (including phenoxy) is 1. The minimum atomic E-state index is -0.507. The number of rotatable bonds is 4. The van der Waals surface area contributed by atoms with Gasteiger partial charge in [-0.2, -0.15) is 0 Å². The van der Waals surface area contributed by atoms with Crippen LogP contribution in [0.3, 0.4) is 0 Å². The molecule has 3 rings (SSSR count). The molecule has 0 spiro atoms. The third-order valence-corrected chi connectivity index (χ3v) is 6.86. The number of carbonyl (C=O) groups is 1. The fraction of sp³-hybridized carbons (Fsp3) is 0.125. The maximum absolute atomic E-state index is 12.3. The van der Waals surface area contributed by atoms with E-state index in [-0.39, 0.29) is 20.2 Å². The summed E-state index contributed by atoms with van der Waals surface area (Å²) in [4.78, 5) is 12.3. The van der Waals surface area contributed by atoms with Crippen LogP contribution in [0.5, 0.6) is 0 Å². The van der Waals surface area contributed by atoms with Gasteiger partial charge in [0, 0.05) is 0 Å². The molecule has 0 aliphatic heterocycles. The summed E-state index contributed by atoms with van der Waals surface area (Å²) in [6, 6.07) is 10.9. The van der Waals surface area contributed by atoms with Gasteiger partial charge in [0.2, 0.25) is 0 Å². The first kappa shape index (κ1) is 19.2. The van der Waals surface area contributed by atoms with Crippen molar-refractivity contribution in [3.8, 4) is 15.8 Å². The molecule has 0 fully saturated rings. The maximum atomic E-state index is 12.3. The van der Waals surface area contributed by atoms with E-state index < -0.39 is 11.0 Å². The van der Waals surface area contributed by atoms with Crippen LogP contribution in [0.1, 0.15) is 17.4 Å². The molecular formula is C16H10Br2Cl2N2O2Se. The molecule has 0 saturated heterocycles. The van der Waals surface area contributed by atoms with Crippen molar-refractivity contribution in [1.29, 1.82) is 0 Å². The van der Waals surface area contributed by atoms with E-state index in [0.717, 1.165) is 13.5 Å². The van der Waals surface area contributed by atoms with E-state index in [1.54, 1.807) is 35.9 Å². The number of hydrogen-bond acceptors (Lipinski definition) is 3. The van der Waals surface area contributed by atoms with Gasteiger partial charge in [-0.15, -0.1) is 0 Å². The van der Waals surface area contributed by atoms with Crippen molar-refractivity contribution in [2.75, 3.05) is 0 Å². The van der Waals surface area contributed by atoms with Crippen molar-refractivity contribution >= 4 is 75.5 Å². The summed E-state index contributed by atoms with van der Waals surface area (Å²) in [5, 5.41) is 4.99. The third kappa shape index (κ3) is 4.41. The molecular weight excluding hydrogens is 562 g/mol. The van der Waals surface area contributed by atoms with E-state index in [9.17, 15) is 4.79 Å². The summed E-state index contributed by atoms with van der Waals surface area (Å²) in [5.74, 6) is -0.507. The fourth-order valence-corrected chi connectivity index (χ4v) is 5.39. The molecule has 9 heteroatoms. The van der Waals surface area contributed by atoms with Crippen LogP contribution >= 0.6 is 55.1 Å². The van der Waals surface area contributed by atoms with Crippen molar-refractivity contribution in [1.82, 2.24) is 9.78 Å². The Bertz CT molecular complexity index is 940. The quantitative estimate of drug-likeness (QED) is 0.234. The normalized spacial score (nSPS) is 12.2. The molecule has 25 heavy (non-hydrogen) atoms. The summed E-state index contributed by atoms with van der Waals surface area (Å²) >= 11 is 19.1. The Morgan fingerprint density at radius 1 is 1.28 bits per heavy atom. The van der Waals surface area contributed by atoms with Crippen LogP contribution in [-0.4, -0.2) is 35.3 Å². The Kier molecular flexibility index (Phi) is 6.14. The van der Waals surface area contributed by atoms with Crippen molar-refractivity contribution in [2.24, 2.45) is 0 Å². The molecule has 2 heterocycles. The molecule has 1 unspecified atom stereocenters. The van der Waals surface area contributed by atoms with E-state index in [4.69, 9.17) is 27.9 Å². The molecule has 0 saturated carbocycles. The molecule has 0 amide bonds. The molecule has 1 aromatic carbocycles. The van der Waals surface area contributed by atoms with Gasteiger partial charge in [0.1, 0.15) is 0 Å². The average Bonchev–Trinajstić information content (AvgIpc) is 3.13. The van der Waals surface area contributed by atoms with Crippen LogP contribution in [0.2, 0.25) is 10.0 Å². The van der Waals surface area contributed by atoms with E-state index in [1.807, 2.05) is 12.1 Å². The first-order chi connectivity index (χ1) is 11.8. The Hall–Kier alpha value is -0.561. The van der Waals surface area contributed by atoms with Gasteiger partial charge >= 0.3 is 178 Å². The molecule has 1 atom stereocenters. The van der Waals surface area contributed by atoms with Gasteiger partial charge in [-0.1, -0.05) is 0 Å². The van der Waals surface area contributed by atoms with E-state index in [1.165, 1.54) is 0 Å². The third-order valence-electron chi connectivity index (χ3n) is 3.15. The van der Waals surface area contributed by atoms with Crippen LogP contribution in [0.4, 0.5) is 0 Å². The van der Waals surface area contributed by atoms with Gasteiger partial charge in [-0.3, -0.25) is 0 Å². The van der Waals surface area contributed by atoms with Crippen LogP contribution in [0, 0.1) is 0 Å². The summed E-state index contributed by atoms with van der Waals surface area (Å²) < 4.78 is 9.03. The summed E-state index contributed by atoms with van der Waals surface area (Å²) in [6.45, 7) is 1.72.